The van der Waals surface area contributed by atoms with Crippen LogP contribution in [0.2, 0.25) is 0 Å². The van der Waals surface area contributed by atoms with Crippen LogP contribution in [0.3, 0.4) is 0 Å². The highest BCUT2D eigenvalue weighted by atomic mass is 19.4. The number of methoxy groups -OCH3 is 1. The quantitative estimate of drug-likeness (QED) is 0.497. The Balaban J connectivity index is 2.40. The Kier molecular flexibility index (Phi) is 7.24. The number of benzene rings is 2. The number of hydrogen-bond acceptors (Lipinski definition) is 4. The van der Waals surface area contributed by atoms with Crippen LogP contribution in [-0.4, -0.2) is 30.4 Å². The number of alkyl halides is 3. The molecule has 2 aromatic rings. The number of aromatic hydroxyl groups is 1. The molecule has 0 saturated heterocycles. The largest absolute Gasteiger partial charge is 0.507 e. The number of hydrogen-bond donors (Lipinski definition) is 2. The van der Waals surface area contributed by atoms with E-state index in [4.69, 9.17) is 0 Å². The summed E-state index contributed by atoms with van der Waals surface area (Å²) < 4.78 is 59.2. The van der Waals surface area contributed by atoms with Crippen LogP contribution in [0.4, 0.5) is 17.6 Å². The van der Waals surface area contributed by atoms with E-state index in [2.05, 4.69) is 10.1 Å². The van der Waals surface area contributed by atoms with Gasteiger partial charge in [-0.2, -0.15) is 13.2 Å². The Morgan fingerprint density at radius 3 is 2.38 bits per heavy atom. The molecule has 2 rings (SSSR count). The predicted molar refractivity (Wildman–Crippen MR) is 101 cm³/mol. The van der Waals surface area contributed by atoms with Crippen molar-refractivity contribution in [3.63, 3.8) is 0 Å². The lowest BCUT2D eigenvalue weighted by atomic mass is 9.97. The van der Waals surface area contributed by atoms with Crippen LogP contribution in [0.1, 0.15) is 31.9 Å². The van der Waals surface area contributed by atoms with E-state index >= 15 is 0 Å². The molecule has 0 spiro atoms. The number of halogens is 4. The number of esters is 1. The van der Waals surface area contributed by atoms with Crippen LogP contribution in [0.15, 0.2) is 42.5 Å². The highest BCUT2D eigenvalue weighted by molar-refractivity contribution is 5.76. The average molecular weight is 413 g/mol. The van der Waals surface area contributed by atoms with Gasteiger partial charge < -0.3 is 9.84 Å². The van der Waals surface area contributed by atoms with E-state index in [-0.39, 0.29) is 23.5 Å². The Labute approximate surface area is 166 Å². The van der Waals surface area contributed by atoms with Crippen LogP contribution in [0.5, 0.6) is 5.75 Å². The maximum Gasteiger partial charge on any atom is 0.407 e. The molecule has 0 amide bonds. The van der Waals surface area contributed by atoms with Crippen molar-refractivity contribution in [2.24, 2.45) is 5.92 Å². The molecule has 4 nitrogen and oxygen atoms in total. The van der Waals surface area contributed by atoms with Gasteiger partial charge in [0.15, 0.2) is 0 Å². The topological polar surface area (TPSA) is 58.6 Å². The zero-order valence-corrected chi connectivity index (χ0v) is 16.3. The Bertz CT molecular complexity index is 852. The Morgan fingerprint density at radius 2 is 1.86 bits per heavy atom. The third-order valence-corrected chi connectivity index (χ3v) is 4.38. The molecule has 2 aromatic carbocycles. The van der Waals surface area contributed by atoms with E-state index in [0.29, 0.717) is 5.56 Å². The fraction of sp³-hybridized carbons (Fsp3) is 0.381. The van der Waals surface area contributed by atoms with Crippen molar-refractivity contribution >= 4 is 5.97 Å². The third-order valence-electron chi connectivity index (χ3n) is 4.38. The smallest absolute Gasteiger partial charge is 0.407 e. The summed E-state index contributed by atoms with van der Waals surface area (Å²) in [7, 11) is 1.11. The van der Waals surface area contributed by atoms with Crippen molar-refractivity contribution < 1.29 is 32.2 Å². The minimum atomic E-state index is -4.73. The van der Waals surface area contributed by atoms with Gasteiger partial charge in [-0.05, 0) is 41.7 Å². The zero-order chi connectivity index (χ0) is 21.8. The van der Waals surface area contributed by atoms with Crippen molar-refractivity contribution in [2.75, 3.05) is 7.11 Å². The van der Waals surface area contributed by atoms with E-state index in [9.17, 15) is 27.5 Å². The Morgan fingerprint density at radius 1 is 1.17 bits per heavy atom. The summed E-state index contributed by atoms with van der Waals surface area (Å²) in [6.45, 7) is 3.56. The molecule has 0 aliphatic carbocycles. The van der Waals surface area contributed by atoms with E-state index in [1.54, 1.807) is 13.8 Å². The molecule has 2 atom stereocenters. The van der Waals surface area contributed by atoms with Gasteiger partial charge in [0.25, 0.3) is 0 Å². The second kappa shape index (κ2) is 9.26. The highest BCUT2D eigenvalue weighted by Crippen LogP contribution is 2.38. The van der Waals surface area contributed by atoms with Gasteiger partial charge in [0.2, 0.25) is 0 Å². The van der Waals surface area contributed by atoms with E-state index < -0.39 is 35.8 Å². The molecule has 158 valence electrons. The predicted octanol–water partition coefficient (Wildman–Crippen LogP) is 4.98. The maximum absolute atomic E-state index is 13.7. The van der Waals surface area contributed by atoms with Gasteiger partial charge in [-0.1, -0.05) is 38.1 Å². The first kappa shape index (κ1) is 22.7. The maximum atomic E-state index is 13.7. The standard InChI is InChI=1S/C21H23F4NO3/c1-12(2)9-17(20(28)29-3)26-19(21(23,24)25)14-7-8-16(18(27)11-14)13-5-4-6-15(22)10-13/h4-8,10-12,17,19,26-27H,9H2,1-3H3/t17-,19?/m0/s1. The first-order valence-electron chi connectivity index (χ1n) is 9.02. The van der Waals surface area contributed by atoms with Crippen LogP contribution in [-0.2, 0) is 9.53 Å². The van der Waals surface area contributed by atoms with Gasteiger partial charge in [-0.3, -0.25) is 10.1 Å². The lowest BCUT2D eigenvalue weighted by molar-refractivity contribution is -0.164. The first-order valence-corrected chi connectivity index (χ1v) is 9.02. The number of carbonyl (C=O) groups is 1. The van der Waals surface area contributed by atoms with E-state index in [1.807, 2.05) is 0 Å². The minimum Gasteiger partial charge on any atom is -0.507 e. The van der Waals surface area contributed by atoms with Gasteiger partial charge in [0.1, 0.15) is 23.7 Å². The molecule has 8 heteroatoms. The first-order chi connectivity index (χ1) is 13.5. The molecule has 0 radical (unpaired) electrons. The summed E-state index contributed by atoms with van der Waals surface area (Å²) in [6, 6.07) is 5.44. The van der Waals surface area contributed by atoms with Crippen molar-refractivity contribution in [1.29, 1.82) is 0 Å². The molecule has 0 aliphatic heterocycles. The van der Waals surface area contributed by atoms with Crippen LogP contribution < -0.4 is 5.32 Å². The van der Waals surface area contributed by atoms with Gasteiger partial charge in [-0.25, -0.2) is 4.39 Å². The minimum absolute atomic E-state index is 0.0516. The molecule has 0 aliphatic rings. The number of phenolic OH excluding ortho intramolecular Hbond substituents is 1. The second-order valence-corrected chi connectivity index (χ2v) is 7.13. The molecule has 1 unspecified atom stereocenters. The summed E-state index contributed by atoms with van der Waals surface area (Å²) in [6.07, 6.45) is -4.58. The SMILES string of the molecule is COC(=O)[C@H](CC(C)C)NC(c1ccc(-c2cccc(F)c2)c(O)c1)C(F)(F)F. The number of carbonyl (C=O) groups excluding carboxylic acids is 1. The number of nitrogens with one attached hydrogen (secondary N) is 1. The van der Waals surface area contributed by atoms with Crippen molar-refractivity contribution in [2.45, 2.75) is 38.5 Å². The molecular weight excluding hydrogens is 390 g/mol. The molecule has 0 heterocycles. The molecule has 0 saturated carbocycles. The van der Waals surface area contributed by atoms with Crippen LogP contribution in [0.25, 0.3) is 11.1 Å². The second-order valence-electron chi connectivity index (χ2n) is 7.13. The van der Waals surface area contributed by atoms with E-state index in [0.717, 1.165) is 13.2 Å². The molecule has 29 heavy (non-hydrogen) atoms. The molecular formula is C21H23F4NO3. The fourth-order valence-corrected chi connectivity index (χ4v) is 3.06. The summed E-state index contributed by atoms with van der Waals surface area (Å²) in [5, 5.41) is 12.6. The van der Waals surface area contributed by atoms with Gasteiger partial charge in [0, 0.05) is 5.56 Å². The summed E-state index contributed by atoms with van der Waals surface area (Å²) in [4.78, 5) is 11.9. The average Bonchev–Trinajstić information content (AvgIpc) is 2.63. The summed E-state index contributed by atoms with van der Waals surface area (Å²) in [5.41, 5.74) is 0.256. The molecule has 0 aromatic heterocycles. The lowest BCUT2D eigenvalue weighted by Crippen LogP contribution is -2.45. The summed E-state index contributed by atoms with van der Waals surface area (Å²) in [5.74, 6) is -1.81. The molecule has 2 N–H and O–H groups in total. The Hall–Kier alpha value is -2.61. The normalized spacial score (nSPS) is 13.9. The monoisotopic (exact) mass is 413 g/mol. The van der Waals surface area contributed by atoms with Gasteiger partial charge in [-0.15, -0.1) is 0 Å². The van der Waals surface area contributed by atoms with Crippen molar-refractivity contribution in [3.8, 4) is 16.9 Å². The van der Waals surface area contributed by atoms with E-state index in [1.165, 1.54) is 36.4 Å². The van der Waals surface area contributed by atoms with Crippen molar-refractivity contribution in [1.82, 2.24) is 5.32 Å². The number of rotatable bonds is 7. The fourth-order valence-electron chi connectivity index (χ4n) is 3.06. The van der Waals surface area contributed by atoms with Crippen LogP contribution >= 0.6 is 0 Å². The lowest BCUT2D eigenvalue weighted by Gasteiger charge is -2.27. The van der Waals surface area contributed by atoms with Gasteiger partial charge in [0.05, 0.1) is 7.11 Å². The van der Waals surface area contributed by atoms with Crippen molar-refractivity contribution in [3.05, 3.63) is 53.8 Å². The number of ether oxygens (including phenoxy) is 1. The van der Waals surface area contributed by atoms with Crippen LogP contribution in [0, 0.1) is 11.7 Å². The zero-order valence-electron chi connectivity index (χ0n) is 16.3. The third kappa shape index (κ3) is 5.93. The van der Waals surface area contributed by atoms with Gasteiger partial charge >= 0.3 is 12.1 Å². The highest BCUT2D eigenvalue weighted by Gasteiger charge is 2.43. The molecule has 0 bridgehead atoms. The molecule has 0 fully saturated rings. The summed E-state index contributed by atoms with van der Waals surface area (Å²) >= 11 is 0. The number of phenols is 1.